The Kier molecular flexibility index (Phi) is 7.14. The van der Waals surface area contributed by atoms with Crippen LogP contribution in [0.25, 0.3) is 49.7 Å². The van der Waals surface area contributed by atoms with Gasteiger partial charge in [-0.2, -0.15) is 0 Å². The summed E-state index contributed by atoms with van der Waals surface area (Å²) >= 11 is 0. The van der Waals surface area contributed by atoms with Gasteiger partial charge in [0.25, 0.3) is 0 Å². The first-order valence-corrected chi connectivity index (χ1v) is 19.9. The van der Waals surface area contributed by atoms with E-state index in [0.29, 0.717) is 0 Å². The van der Waals surface area contributed by atoms with Gasteiger partial charge in [-0.3, -0.25) is 0 Å². The molecule has 0 radical (unpaired) electrons. The number of hydrogen-bond acceptors (Lipinski definition) is 2. The molecular weight excluding hydrogens is 705 g/mol. The number of fused-ring (bicyclic) bond motifs is 8. The van der Waals surface area contributed by atoms with E-state index < -0.39 is 5.41 Å². The summed E-state index contributed by atoms with van der Waals surface area (Å²) in [4.78, 5) is 2.39. The van der Waals surface area contributed by atoms with Crippen LogP contribution in [-0.4, -0.2) is 4.57 Å². The van der Waals surface area contributed by atoms with E-state index in [9.17, 15) is 0 Å². The van der Waals surface area contributed by atoms with Crippen molar-refractivity contribution in [3.8, 4) is 39.4 Å². The van der Waals surface area contributed by atoms with Crippen LogP contribution in [-0.2, 0) is 5.41 Å². The van der Waals surface area contributed by atoms with Crippen molar-refractivity contribution in [1.29, 1.82) is 0 Å². The van der Waals surface area contributed by atoms with Crippen LogP contribution in [0.5, 0.6) is 11.5 Å². The quantitative estimate of drug-likeness (QED) is 0.169. The number of para-hydroxylation sites is 4. The third-order valence-corrected chi connectivity index (χ3v) is 12.3. The first-order chi connectivity index (χ1) is 28.8. The predicted molar refractivity (Wildman–Crippen MR) is 238 cm³/mol. The van der Waals surface area contributed by atoms with Gasteiger partial charge in [0.05, 0.1) is 22.1 Å². The number of aromatic nitrogens is 1. The Bertz CT molecular complexity index is 3150. The van der Waals surface area contributed by atoms with Crippen molar-refractivity contribution >= 4 is 38.9 Å². The number of hydrogen-bond donors (Lipinski definition) is 0. The van der Waals surface area contributed by atoms with Gasteiger partial charge in [-0.15, -0.1) is 0 Å². The van der Waals surface area contributed by atoms with Crippen molar-refractivity contribution < 1.29 is 4.74 Å². The lowest BCUT2D eigenvalue weighted by Crippen LogP contribution is -2.28. The molecule has 1 aliphatic carbocycles. The van der Waals surface area contributed by atoms with Gasteiger partial charge in [0, 0.05) is 33.4 Å². The minimum Gasteiger partial charge on any atom is -0.453 e. The van der Waals surface area contributed by atoms with E-state index in [1.165, 1.54) is 49.7 Å². The molecule has 1 aliphatic heterocycles. The molecule has 2 aliphatic rings. The largest absolute Gasteiger partial charge is 0.453 e. The number of nitrogens with zero attached hydrogens (tertiary/aromatic N) is 2. The number of benzene rings is 9. The molecule has 58 heavy (non-hydrogen) atoms. The third kappa shape index (κ3) is 4.62. The Hall–Kier alpha value is -7.62. The second-order valence-corrected chi connectivity index (χ2v) is 15.2. The molecule has 1 aromatic heterocycles. The van der Waals surface area contributed by atoms with Gasteiger partial charge in [0.15, 0.2) is 11.5 Å². The molecule has 0 saturated carbocycles. The Labute approximate surface area is 337 Å². The fourth-order valence-corrected chi connectivity index (χ4v) is 9.87. The molecule has 272 valence electrons. The van der Waals surface area contributed by atoms with Gasteiger partial charge in [0.1, 0.15) is 0 Å². The average molecular weight is 741 g/mol. The lowest BCUT2D eigenvalue weighted by Gasteiger charge is -2.35. The molecule has 3 heteroatoms. The van der Waals surface area contributed by atoms with Gasteiger partial charge >= 0.3 is 0 Å². The number of ether oxygens (including phenoxy) is 1. The van der Waals surface area contributed by atoms with Gasteiger partial charge in [-0.05, 0) is 93.5 Å². The van der Waals surface area contributed by atoms with Gasteiger partial charge in [-0.25, -0.2) is 0 Å². The van der Waals surface area contributed by atoms with Crippen molar-refractivity contribution in [2.75, 3.05) is 4.90 Å². The molecule has 12 rings (SSSR count). The highest BCUT2D eigenvalue weighted by Gasteiger charge is 2.46. The molecule has 2 heterocycles. The normalized spacial score (nSPS) is 13.1. The molecule has 0 unspecified atom stereocenters. The zero-order valence-corrected chi connectivity index (χ0v) is 31.6. The molecule has 0 bridgehead atoms. The molecule has 0 fully saturated rings. The highest BCUT2D eigenvalue weighted by molar-refractivity contribution is 6.12. The molecule has 9 aromatic carbocycles. The number of anilines is 3. The molecular formula is C55H36N2O. The van der Waals surface area contributed by atoms with Crippen molar-refractivity contribution in [1.82, 2.24) is 4.57 Å². The van der Waals surface area contributed by atoms with Crippen LogP contribution in [0.2, 0.25) is 0 Å². The highest BCUT2D eigenvalue weighted by Crippen LogP contribution is 2.57. The lowest BCUT2D eigenvalue weighted by atomic mass is 9.67. The first kappa shape index (κ1) is 32.6. The Morgan fingerprint density at radius 3 is 1.74 bits per heavy atom. The maximum Gasteiger partial charge on any atom is 0.152 e. The minimum atomic E-state index is -0.488. The Morgan fingerprint density at radius 2 is 0.966 bits per heavy atom. The summed E-state index contributed by atoms with van der Waals surface area (Å²) < 4.78 is 9.03. The van der Waals surface area contributed by atoms with Crippen molar-refractivity contribution in [2.45, 2.75) is 5.41 Å². The second-order valence-electron chi connectivity index (χ2n) is 15.2. The summed E-state index contributed by atoms with van der Waals surface area (Å²) in [6.45, 7) is 0. The van der Waals surface area contributed by atoms with Crippen LogP contribution in [0, 0.1) is 0 Å². The summed E-state index contributed by atoms with van der Waals surface area (Å²) in [7, 11) is 0. The molecule has 0 atom stereocenters. The van der Waals surface area contributed by atoms with E-state index in [0.717, 1.165) is 50.9 Å². The van der Waals surface area contributed by atoms with Crippen molar-refractivity contribution in [2.24, 2.45) is 0 Å². The van der Waals surface area contributed by atoms with Gasteiger partial charge in [0.2, 0.25) is 0 Å². The number of rotatable bonds is 6. The minimum absolute atomic E-state index is 0.488. The van der Waals surface area contributed by atoms with Gasteiger partial charge < -0.3 is 14.2 Å². The average Bonchev–Trinajstić information content (AvgIpc) is 3.79. The van der Waals surface area contributed by atoms with E-state index in [4.69, 9.17) is 4.74 Å². The fraction of sp³-hybridized carbons (Fsp3) is 0.0182. The molecule has 3 nitrogen and oxygen atoms in total. The van der Waals surface area contributed by atoms with Crippen LogP contribution in [0.15, 0.2) is 218 Å². The summed E-state index contributed by atoms with van der Waals surface area (Å²) in [5.41, 5.74) is 16.0. The standard InChI is InChI=1S/C55H36N2O/c1-4-16-38(17-5-1)55(39-18-6-2-7-19-39)48-26-12-10-22-44(48)45-35-34-42(36-49(45)55)56(40-20-8-3-9-21-40)41-32-30-37(31-33-41)43-24-14-28-51-53(43)57-50-27-13-11-23-46(50)47-25-15-29-52(58-51)54(47)57/h1-36H. The molecule has 0 amide bonds. The van der Waals surface area contributed by atoms with Crippen molar-refractivity contribution in [3.05, 3.63) is 241 Å². The summed E-state index contributed by atoms with van der Waals surface area (Å²) in [6, 6.07) is 79.2. The van der Waals surface area contributed by atoms with Crippen LogP contribution in [0.1, 0.15) is 22.3 Å². The highest BCUT2D eigenvalue weighted by atomic mass is 16.5. The van der Waals surface area contributed by atoms with Crippen LogP contribution >= 0.6 is 0 Å². The van der Waals surface area contributed by atoms with Crippen LogP contribution in [0.3, 0.4) is 0 Å². The lowest BCUT2D eigenvalue weighted by molar-refractivity contribution is 0.477. The van der Waals surface area contributed by atoms with E-state index in [1.54, 1.807) is 0 Å². The predicted octanol–water partition coefficient (Wildman–Crippen LogP) is 14.4. The van der Waals surface area contributed by atoms with Gasteiger partial charge in [-0.1, -0.05) is 164 Å². The first-order valence-electron chi connectivity index (χ1n) is 19.9. The molecule has 10 aromatic rings. The smallest absolute Gasteiger partial charge is 0.152 e. The Balaban J connectivity index is 1.03. The fourth-order valence-electron chi connectivity index (χ4n) is 9.87. The summed E-state index contributed by atoms with van der Waals surface area (Å²) in [6.07, 6.45) is 0. The topological polar surface area (TPSA) is 17.4 Å². The van der Waals surface area contributed by atoms with Crippen molar-refractivity contribution in [3.63, 3.8) is 0 Å². The second kappa shape index (κ2) is 12.7. The molecule has 0 saturated heterocycles. The van der Waals surface area contributed by atoms with E-state index in [1.807, 2.05) is 0 Å². The molecule has 0 N–H and O–H groups in total. The zero-order chi connectivity index (χ0) is 38.2. The van der Waals surface area contributed by atoms with E-state index >= 15 is 0 Å². The molecule has 0 spiro atoms. The maximum absolute atomic E-state index is 6.63. The Morgan fingerprint density at radius 1 is 0.397 bits per heavy atom. The van der Waals surface area contributed by atoms with Crippen LogP contribution < -0.4 is 9.64 Å². The summed E-state index contributed by atoms with van der Waals surface area (Å²) in [5, 5.41) is 2.42. The monoisotopic (exact) mass is 740 g/mol. The van der Waals surface area contributed by atoms with Crippen LogP contribution in [0.4, 0.5) is 17.1 Å². The summed E-state index contributed by atoms with van der Waals surface area (Å²) in [5.74, 6) is 1.74. The van der Waals surface area contributed by atoms with E-state index in [2.05, 4.69) is 228 Å². The SMILES string of the molecule is c1ccc(N(c2ccc(-c3cccc4c3-n3c5ccccc5c5cccc(c53)O4)cc2)c2ccc3c(c2)C(c2ccccc2)(c2ccccc2)c2ccccc2-3)cc1. The third-order valence-electron chi connectivity index (χ3n) is 12.3. The zero-order valence-electron chi connectivity index (χ0n) is 31.6. The maximum atomic E-state index is 6.63. The van der Waals surface area contributed by atoms with E-state index in [-0.39, 0.29) is 0 Å².